The van der Waals surface area contributed by atoms with Gasteiger partial charge in [-0.25, -0.2) is 4.98 Å². The number of halogens is 3. The number of piperidine rings is 1. The summed E-state index contributed by atoms with van der Waals surface area (Å²) in [4.78, 5) is 24.7. The molecule has 160 valence electrons. The number of alkyl halides is 3. The quantitative estimate of drug-likeness (QED) is 0.735. The first kappa shape index (κ1) is 20.8. The smallest absolute Gasteiger partial charge is 0.302 e. The molecule has 2 fully saturated rings. The lowest BCUT2D eigenvalue weighted by Gasteiger charge is -2.28. The van der Waals surface area contributed by atoms with Crippen LogP contribution in [0.1, 0.15) is 48.4 Å². The molecule has 1 atom stereocenters. The van der Waals surface area contributed by atoms with Crippen molar-refractivity contribution in [2.45, 2.75) is 44.2 Å². The number of hydrogen-bond donors (Lipinski definition) is 0. The maximum atomic E-state index is 13.3. The van der Waals surface area contributed by atoms with Crippen molar-refractivity contribution >= 4 is 11.7 Å². The summed E-state index contributed by atoms with van der Waals surface area (Å²) < 4.78 is 39.8. The summed E-state index contributed by atoms with van der Waals surface area (Å²) in [6, 6.07) is 7.04. The first-order chi connectivity index (χ1) is 14.4. The third-order valence-corrected chi connectivity index (χ3v) is 5.93. The predicted octanol–water partition coefficient (Wildman–Crippen LogP) is 4.04. The van der Waals surface area contributed by atoms with Crippen LogP contribution in [0.5, 0.6) is 0 Å². The number of rotatable bonds is 5. The molecular formula is C22H25F3N4O. The van der Waals surface area contributed by atoms with E-state index in [4.69, 9.17) is 0 Å². The summed E-state index contributed by atoms with van der Waals surface area (Å²) in [7, 11) is 0. The Balaban J connectivity index is 1.50. The second-order valence-corrected chi connectivity index (χ2v) is 8.00. The van der Waals surface area contributed by atoms with Crippen LogP contribution < -0.4 is 4.90 Å². The first-order valence-electron chi connectivity index (χ1n) is 10.4. The van der Waals surface area contributed by atoms with E-state index in [1.54, 1.807) is 11.1 Å². The number of aromatic nitrogens is 2. The molecule has 0 radical (unpaired) electrons. The zero-order valence-corrected chi connectivity index (χ0v) is 16.7. The predicted molar refractivity (Wildman–Crippen MR) is 107 cm³/mol. The van der Waals surface area contributed by atoms with Crippen LogP contribution in [0.15, 0.2) is 36.7 Å². The number of likely N-dealkylation sites (tertiary alicyclic amines) is 1. The Morgan fingerprint density at radius 3 is 2.73 bits per heavy atom. The van der Waals surface area contributed by atoms with Crippen molar-refractivity contribution in [1.82, 2.24) is 14.9 Å². The van der Waals surface area contributed by atoms with Gasteiger partial charge in [0.15, 0.2) is 0 Å². The van der Waals surface area contributed by atoms with Crippen molar-refractivity contribution in [1.29, 1.82) is 0 Å². The molecule has 0 aliphatic carbocycles. The highest BCUT2D eigenvalue weighted by Gasteiger charge is 2.33. The summed E-state index contributed by atoms with van der Waals surface area (Å²) in [6.07, 6.45) is 1.64. The molecule has 0 aromatic carbocycles. The molecule has 2 aliphatic heterocycles. The number of carbonyl (C=O) groups excluding carboxylic acids is 1. The van der Waals surface area contributed by atoms with Crippen molar-refractivity contribution in [2.75, 3.05) is 31.1 Å². The van der Waals surface area contributed by atoms with Crippen molar-refractivity contribution in [3.05, 3.63) is 53.5 Å². The fraction of sp³-hybridized carbons (Fsp3) is 0.500. The molecule has 5 nitrogen and oxygen atoms in total. The molecule has 2 aliphatic rings. The third kappa shape index (κ3) is 4.64. The topological polar surface area (TPSA) is 49.3 Å². The van der Waals surface area contributed by atoms with E-state index in [0.717, 1.165) is 50.3 Å². The van der Waals surface area contributed by atoms with Crippen LogP contribution in [0.25, 0.3) is 0 Å². The van der Waals surface area contributed by atoms with Gasteiger partial charge < -0.3 is 4.90 Å². The molecule has 4 heterocycles. The van der Waals surface area contributed by atoms with Gasteiger partial charge in [0.25, 0.3) is 0 Å². The van der Waals surface area contributed by atoms with E-state index in [1.807, 2.05) is 18.2 Å². The van der Waals surface area contributed by atoms with Crippen LogP contribution in [0.2, 0.25) is 0 Å². The summed E-state index contributed by atoms with van der Waals surface area (Å²) in [5.74, 6) is 0.660. The molecule has 1 amide bonds. The zero-order valence-electron chi connectivity index (χ0n) is 16.7. The zero-order chi connectivity index (χ0) is 21.1. The highest BCUT2D eigenvalue weighted by atomic mass is 19.4. The van der Waals surface area contributed by atoms with Crippen molar-refractivity contribution < 1.29 is 18.0 Å². The molecule has 1 unspecified atom stereocenters. The van der Waals surface area contributed by atoms with Gasteiger partial charge in [0.2, 0.25) is 5.91 Å². The van der Waals surface area contributed by atoms with Crippen LogP contribution in [0.3, 0.4) is 0 Å². The standard InChI is InChI=1S/C22H25F3N4O/c23-22(24,25)18-13-16(21(27-14-18)29-10-4-2-6-20(29)30)7-11-28-12-8-17(15-28)19-5-1-3-9-26-19/h1,3,5,9,13-14,17H,2,4,6-8,10-12,15H2. The minimum atomic E-state index is -4.45. The van der Waals surface area contributed by atoms with E-state index in [2.05, 4.69) is 14.9 Å². The lowest BCUT2D eigenvalue weighted by atomic mass is 10.0. The lowest BCUT2D eigenvalue weighted by Crippen LogP contribution is -2.37. The van der Waals surface area contributed by atoms with Gasteiger partial charge in [0.1, 0.15) is 5.82 Å². The van der Waals surface area contributed by atoms with Gasteiger partial charge in [-0.05, 0) is 56.0 Å². The molecule has 30 heavy (non-hydrogen) atoms. The molecule has 2 aromatic rings. The van der Waals surface area contributed by atoms with Gasteiger partial charge in [-0.2, -0.15) is 13.2 Å². The van der Waals surface area contributed by atoms with Crippen molar-refractivity contribution in [3.63, 3.8) is 0 Å². The van der Waals surface area contributed by atoms with Crippen LogP contribution >= 0.6 is 0 Å². The van der Waals surface area contributed by atoms with Crippen molar-refractivity contribution in [3.8, 4) is 0 Å². The average Bonchev–Trinajstić information content (AvgIpc) is 3.22. The highest BCUT2D eigenvalue weighted by molar-refractivity contribution is 5.93. The van der Waals surface area contributed by atoms with Gasteiger partial charge in [-0.3, -0.25) is 14.7 Å². The number of amides is 1. The lowest BCUT2D eigenvalue weighted by molar-refractivity contribution is -0.137. The largest absolute Gasteiger partial charge is 0.417 e. The van der Waals surface area contributed by atoms with Gasteiger partial charge >= 0.3 is 6.18 Å². The maximum absolute atomic E-state index is 13.3. The van der Waals surface area contributed by atoms with E-state index >= 15 is 0 Å². The Hall–Kier alpha value is -2.48. The monoisotopic (exact) mass is 418 g/mol. The molecule has 8 heteroatoms. The van der Waals surface area contributed by atoms with Gasteiger partial charge in [-0.15, -0.1) is 0 Å². The Morgan fingerprint density at radius 2 is 2.00 bits per heavy atom. The van der Waals surface area contributed by atoms with Crippen molar-refractivity contribution in [2.24, 2.45) is 0 Å². The van der Waals surface area contributed by atoms with Crippen LogP contribution in [0.4, 0.5) is 19.0 Å². The second kappa shape index (κ2) is 8.71. The Labute approximate surface area is 173 Å². The number of anilines is 1. The van der Waals surface area contributed by atoms with E-state index in [0.29, 0.717) is 43.2 Å². The minimum Gasteiger partial charge on any atom is -0.302 e. The molecule has 0 N–H and O–H groups in total. The van der Waals surface area contributed by atoms with E-state index in [-0.39, 0.29) is 5.91 Å². The summed E-state index contributed by atoms with van der Waals surface area (Å²) in [5, 5.41) is 0. The molecule has 0 saturated carbocycles. The van der Waals surface area contributed by atoms with Crippen LogP contribution in [-0.4, -0.2) is 47.0 Å². The molecule has 0 spiro atoms. The normalized spacial score (nSPS) is 20.7. The minimum absolute atomic E-state index is 0.0638. The SMILES string of the molecule is O=C1CCCCN1c1ncc(C(F)(F)F)cc1CCN1CCC(c2ccccn2)C1. The summed E-state index contributed by atoms with van der Waals surface area (Å²) in [6.45, 7) is 2.85. The molecule has 2 saturated heterocycles. The van der Waals surface area contributed by atoms with Gasteiger partial charge in [-0.1, -0.05) is 6.07 Å². The Morgan fingerprint density at radius 1 is 1.13 bits per heavy atom. The molecule has 2 aromatic heterocycles. The Kier molecular flexibility index (Phi) is 6.04. The summed E-state index contributed by atoms with van der Waals surface area (Å²) >= 11 is 0. The molecule has 0 bridgehead atoms. The number of hydrogen-bond acceptors (Lipinski definition) is 4. The van der Waals surface area contributed by atoms with E-state index in [1.165, 1.54) is 0 Å². The van der Waals surface area contributed by atoms with E-state index in [9.17, 15) is 18.0 Å². The number of carbonyl (C=O) groups is 1. The molecule has 4 rings (SSSR count). The number of pyridine rings is 2. The third-order valence-electron chi connectivity index (χ3n) is 5.93. The fourth-order valence-electron chi connectivity index (χ4n) is 4.29. The van der Waals surface area contributed by atoms with Gasteiger partial charge in [0, 0.05) is 50.1 Å². The second-order valence-electron chi connectivity index (χ2n) is 8.00. The van der Waals surface area contributed by atoms with Gasteiger partial charge in [0.05, 0.1) is 5.56 Å². The highest BCUT2D eigenvalue weighted by Crippen LogP contribution is 2.33. The van der Waals surface area contributed by atoms with Crippen LogP contribution in [-0.2, 0) is 17.4 Å². The fourth-order valence-corrected chi connectivity index (χ4v) is 4.29. The van der Waals surface area contributed by atoms with E-state index < -0.39 is 11.7 Å². The Bertz CT molecular complexity index is 888. The summed E-state index contributed by atoms with van der Waals surface area (Å²) in [5.41, 5.74) is 0.778. The molecular weight excluding hydrogens is 393 g/mol. The van der Waals surface area contributed by atoms with Crippen LogP contribution in [0, 0.1) is 0 Å². The first-order valence-corrected chi connectivity index (χ1v) is 10.4. The average molecular weight is 418 g/mol. The number of nitrogens with zero attached hydrogens (tertiary/aromatic N) is 4. The maximum Gasteiger partial charge on any atom is 0.417 e.